The molecule has 0 saturated carbocycles. The molecule has 2 unspecified atom stereocenters. The fourth-order valence-corrected chi connectivity index (χ4v) is 8.42. The highest BCUT2D eigenvalue weighted by Gasteiger charge is 2.49. The topological polar surface area (TPSA) is 83.6 Å². The van der Waals surface area contributed by atoms with Gasteiger partial charge in [-0.25, -0.2) is 0 Å². The van der Waals surface area contributed by atoms with Gasteiger partial charge in [0.05, 0.1) is 11.3 Å². The minimum Gasteiger partial charge on any atom is -0.381 e. The first-order valence-corrected chi connectivity index (χ1v) is 22.7. The summed E-state index contributed by atoms with van der Waals surface area (Å²) >= 11 is -2.27. The van der Waals surface area contributed by atoms with E-state index in [1.54, 1.807) is 12.1 Å². The molecule has 0 aliphatic carbocycles. The van der Waals surface area contributed by atoms with Crippen LogP contribution in [-0.4, -0.2) is 27.8 Å². The maximum absolute atomic E-state index is 12.3. The standard InChI is InChI=1S/C43H78N4O3S/c1-4-5-6-7-8-9-10-11-12-13-14-17-20-23-26-30-35-40(2)42(50-3)38-33-27-24-21-18-15-16-19-22-25-28-34-39-43-44-45-46-47(43,51(48)49)41-36-31-29-32-37-41/h29,31-32,36-37,40,42H,4-28,30,33-35,38-39H2,1-3H3/p+1/t40-,42-,47?/m0/s1. The average Bonchev–Trinajstić information content (AvgIpc) is 3.58. The van der Waals surface area contributed by atoms with Crippen LogP contribution in [0.25, 0.3) is 0 Å². The molecule has 0 saturated heterocycles. The number of methoxy groups -OCH3 is 1. The number of unbranched alkanes of at least 4 members (excludes halogenated alkanes) is 26. The molecule has 51 heavy (non-hydrogen) atoms. The molecule has 0 spiro atoms. The van der Waals surface area contributed by atoms with E-state index in [1.807, 2.05) is 25.3 Å². The Kier molecular flexibility index (Phi) is 27.7. The summed E-state index contributed by atoms with van der Waals surface area (Å²) < 4.78 is 27.8. The van der Waals surface area contributed by atoms with Crippen molar-refractivity contribution in [1.29, 1.82) is 0 Å². The molecular weight excluding hydrogens is 653 g/mol. The van der Waals surface area contributed by atoms with Crippen LogP contribution >= 0.6 is 0 Å². The Morgan fingerprint density at radius 2 is 1.04 bits per heavy atom. The number of quaternary nitrogens is 1. The average molecular weight is 732 g/mol. The van der Waals surface area contributed by atoms with Gasteiger partial charge in [0.25, 0.3) is 5.84 Å². The van der Waals surface area contributed by atoms with Crippen molar-refractivity contribution in [2.75, 3.05) is 7.11 Å². The molecule has 0 fully saturated rings. The first-order valence-electron chi connectivity index (χ1n) is 21.6. The van der Waals surface area contributed by atoms with E-state index in [4.69, 9.17) is 4.74 Å². The zero-order chi connectivity index (χ0) is 36.7. The predicted octanol–water partition coefficient (Wildman–Crippen LogP) is 14.6. The monoisotopic (exact) mass is 732 g/mol. The Labute approximate surface area is 317 Å². The largest absolute Gasteiger partial charge is 0.399 e. The van der Waals surface area contributed by atoms with Crippen molar-refractivity contribution in [2.24, 2.45) is 21.5 Å². The summed E-state index contributed by atoms with van der Waals surface area (Å²) in [5.41, 5.74) is 0.614. The van der Waals surface area contributed by atoms with Crippen molar-refractivity contribution < 1.29 is 13.5 Å². The molecule has 0 amide bonds. The summed E-state index contributed by atoms with van der Waals surface area (Å²) in [7, 11) is 1.92. The predicted molar refractivity (Wildman–Crippen MR) is 220 cm³/mol. The van der Waals surface area contributed by atoms with Gasteiger partial charge >= 0.3 is 11.3 Å². The Morgan fingerprint density at radius 3 is 1.47 bits per heavy atom. The third-order valence-electron chi connectivity index (χ3n) is 11.1. The van der Waals surface area contributed by atoms with E-state index in [2.05, 4.69) is 29.4 Å². The quantitative estimate of drug-likeness (QED) is 0.0424. The maximum atomic E-state index is 12.3. The summed E-state index contributed by atoms with van der Waals surface area (Å²) in [6.07, 6.45) is 41.6. The smallest absolute Gasteiger partial charge is 0.381 e. The van der Waals surface area contributed by atoms with Gasteiger partial charge in [0.15, 0.2) is 5.69 Å². The highest BCUT2D eigenvalue weighted by atomic mass is 32.2. The van der Waals surface area contributed by atoms with Crippen LogP contribution in [0.3, 0.4) is 0 Å². The van der Waals surface area contributed by atoms with Crippen LogP contribution in [0, 0.1) is 5.92 Å². The zero-order valence-electron chi connectivity index (χ0n) is 33.4. The van der Waals surface area contributed by atoms with E-state index < -0.39 is 15.3 Å². The molecule has 1 N–H and O–H groups in total. The number of ether oxygens (including phenoxy) is 1. The molecule has 7 nitrogen and oxygen atoms in total. The van der Waals surface area contributed by atoms with Crippen LogP contribution < -0.4 is 4.00 Å². The fraction of sp³-hybridized carbons (Fsp3) is 0.837. The van der Waals surface area contributed by atoms with Crippen molar-refractivity contribution in [3.05, 3.63) is 30.3 Å². The van der Waals surface area contributed by atoms with Crippen molar-refractivity contribution in [3.8, 4) is 0 Å². The van der Waals surface area contributed by atoms with E-state index in [9.17, 15) is 8.76 Å². The molecule has 0 radical (unpaired) electrons. The minimum absolute atomic E-state index is 0.432. The lowest BCUT2D eigenvalue weighted by Crippen LogP contribution is -2.48. The van der Waals surface area contributed by atoms with Crippen LogP contribution in [0.1, 0.15) is 213 Å². The van der Waals surface area contributed by atoms with Gasteiger partial charge in [-0.1, -0.05) is 211 Å². The molecule has 0 bridgehead atoms. The van der Waals surface area contributed by atoms with Gasteiger partial charge in [0, 0.05) is 34.9 Å². The first-order chi connectivity index (χ1) is 25.1. The molecule has 1 aliphatic rings. The van der Waals surface area contributed by atoms with Crippen molar-refractivity contribution in [1.82, 2.24) is 4.00 Å². The number of nitrogens with zero attached hydrogens (tertiary/aromatic N) is 4. The van der Waals surface area contributed by atoms with E-state index in [0.717, 1.165) is 12.8 Å². The van der Waals surface area contributed by atoms with Gasteiger partial charge in [-0.15, -0.1) is 0 Å². The fourth-order valence-electron chi connectivity index (χ4n) is 7.72. The summed E-state index contributed by atoms with van der Waals surface area (Å²) in [5, 5.41) is 12.0. The van der Waals surface area contributed by atoms with Crippen LogP contribution in [0.15, 0.2) is 45.9 Å². The Morgan fingerprint density at radius 1 is 0.627 bits per heavy atom. The molecule has 1 heterocycles. The second kappa shape index (κ2) is 30.9. The second-order valence-electron chi connectivity index (χ2n) is 15.5. The van der Waals surface area contributed by atoms with Gasteiger partial charge in [-0.3, -0.25) is 4.55 Å². The molecule has 8 heteroatoms. The molecule has 1 aromatic rings. The van der Waals surface area contributed by atoms with Gasteiger partial charge in [-0.2, -0.15) is 4.21 Å². The molecule has 1 aliphatic heterocycles. The lowest BCUT2D eigenvalue weighted by Gasteiger charge is -2.22. The van der Waals surface area contributed by atoms with Gasteiger partial charge in [0.1, 0.15) is 0 Å². The first kappa shape index (κ1) is 45.7. The van der Waals surface area contributed by atoms with Crippen LogP contribution in [0.4, 0.5) is 5.69 Å². The number of rotatable bonds is 36. The molecule has 0 aromatic heterocycles. The second-order valence-corrected chi connectivity index (χ2v) is 16.5. The Balaban J connectivity index is 1.34. The normalized spacial score (nSPS) is 17.5. The lowest BCUT2D eigenvalue weighted by atomic mass is 9.93. The number of amidine groups is 1. The van der Waals surface area contributed by atoms with Crippen molar-refractivity contribution in [3.63, 3.8) is 0 Å². The van der Waals surface area contributed by atoms with Crippen molar-refractivity contribution in [2.45, 2.75) is 219 Å². The van der Waals surface area contributed by atoms with E-state index in [-0.39, 0.29) is 0 Å². The number of hydrogen-bond donors (Lipinski definition) is 1. The number of para-hydroxylation sites is 1. The van der Waals surface area contributed by atoms with E-state index in [0.29, 0.717) is 30.0 Å². The summed E-state index contributed by atoms with van der Waals surface area (Å²) in [4.78, 5) is 0. The zero-order valence-corrected chi connectivity index (χ0v) is 34.2. The summed E-state index contributed by atoms with van der Waals surface area (Å²) in [6.45, 7) is 4.71. The van der Waals surface area contributed by atoms with Gasteiger partial charge < -0.3 is 4.74 Å². The molecule has 4 atom stereocenters. The molecule has 294 valence electrons. The highest BCUT2D eigenvalue weighted by molar-refractivity contribution is 7.79. The maximum Gasteiger partial charge on any atom is 0.399 e. The van der Waals surface area contributed by atoms with Gasteiger partial charge in [0.2, 0.25) is 0 Å². The third kappa shape index (κ3) is 20.0. The van der Waals surface area contributed by atoms with Crippen molar-refractivity contribution >= 4 is 22.8 Å². The van der Waals surface area contributed by atoms with Crippen LogP contribution in [-0.2, 0) is 16.0 Å². The lowest BCUT2D eigenvalue weighted by molar-refractivity contribution is 0.0456. The van der Waals surface area contributed by atoms with Crippen LogP contribution in [0.5, 0.6) is 0 Å². The van der Waals surface area contributed by atoms with Gasteiger partial charge in [-0.05, 0) is 25.2 Å². The van der Waals surface area contributed by atoms with Crippen LogP contribution in [0.2, 0.25) is 0 Å². The number of benzene rings is 1. The molecular formula is C43H79N4O3S+. The van der Waals surface area contributed by atoms with E-state index >= 15 is 0 Å². The minimum atomic E-state index is -2.27. The van der Waals surface area contributed by atoms with E-state index in [1.165, 1.54) is 180 Å². The SMILES string of the molecule is CCCCCCCCCCCCCCCCCC[C@H](C)[C@H](CCCCCCCCCCCCCCC1=NN=N[N+]1(c1ccccc1)S(=O)O)OC. The molecule has 1 aromatic carbocycles. The molecule has 2 rings (SSSR count). The highest BCUT2D eigenvalue weighted by Crippen LogP contribution is 2.32. The third-order valence-corrected chi connectivity index (χ3v) is 12.0. The Bertz CT molecular complexity index is 1040. The summed E-state index contributed by atoms with van der Waals surface area (Å²) in [5.74, 6) is 1.22. The summed E-state index contributed by atoms with van der Waals surface area (Å²) in [6, 6.07) is 9.17. The number of hydrogen-bond acceptors (Lipinski definition) is 5. The Hall–Kier alpha value is -1.48.